The van der Waals surface area contributed by atoms with Gasteiger partial charge in [-0.1, -0.05) is 0 Å². The maximum Gasteiger partial charge on any atom is 0.230 e. The Kier molecular flexibility index (Phi) is 3.85. The first-order valence-corrected chi connectivity index (χ1v) is 6.39. The van der Waals surface area contributed by atoms with E-state index in [1.54, 1.807) is 0 Å². The summed E-state index contributed by atoms with van der Waals surface area (Å²) in [5.74, 6) is 0.201. The number of carbonyl (C=O) groups is 1. The monoisotopic (exact) mass is 310 g/mol. The van der Waals surface area contributed by atoms with Crippen molar-refractivity contribution in [3.8, 4) is 0 Å². The van der Waals surface area contributed by atoms with Gasteiger partial charge in [-0.05, 0) is 0 Å². The molecule has 1 amide bonds. The fourth-order valence-corrected chi connectivity index (χ4v) is 2.32. The quantitative estimate of drug-likeness (QED) is 0.271. The maximum atomic E-state index is 10.1. The summed E-state index contributed by atoms with van der Waals surface area (Å²) in [6, 6.07) is 0. The third-order valence-corrected chi connectivity index (χ3v) is 3.38. The van der Waals surface area contributed by atoms with E-state index >= 15 is 0 Å². The van der Waals surface area contributed by atoms with Crippen LogP contribution >= 0.6 is 0 Å². The van der Waals surface area contributed by atoms with Gasteiger partial charge in [-0.2, -0.15) is 0 Å². The summed E-state index contributed by atoms with van der Waals surface area (Å²) in [7, 11) is 0. The summed E-state index contributed by atoms with van der Waals surface area (Å²) in [4.78, 5) is 26.8. The van der Waals surface area contributed by atoms with E-state index in [9.17, 15) is 15.0 Å². The Bertz CT molecular complexity index is 678. The van der Waals surface area contributed by atoms with Gasteiger partial charge < -0.3 is 20.7 Å². The molecule has 11 heteroatoms. The second-order valence-electron chi connectivity index (χ2n) is 4.68. The van der Waals surface area contributed by atoms with Gasteiger partial charge in [0.2, 0.25) is 6.41 Å². The van der Waals surface area contributed by atoms with Gasteiger partial charge in [-0.15, -0.1) is 0 Å². The van der Waals surface area contributed by atoms with Crippen molar-refractivity contribution in [1.29, 1.82) is 0 Å². The summed E-state index contributed by atoms with van der Waals surface area (Å²) in [5, 5.41) is 20.1. The highest BCUT2D eigenvalue weighted by molar-refractivity contribution is 5.81. The number of aromatic nitrogens is 4. The lowest BCUT2D eigenvalue weighted by atomic mass is 10.1. The minimum absolute atomic E-state index is 0.128. The van der Waals surface area contributed by atoms with Crippen molar-refractivity contribution < 1.29 is 24.6 Å². The van der Waals surface area contributed by atoms with E-state index in [-0.39, 0.29) is 12.4 Å². The number of carbonyl (C=O) groups excluding carboxylic acids is 1. The summed E-state index contributed by atoms with van der Waals surface area (Å²) in [6.07, 6.45) is -1.17. The molecule has 0 saturated carbocycles. The van der Waals surface area contributed by atoms with Crippen molar-refractivity contribution in [2.75, 3.05) is 12.3 Å². The molecular weight excluding hydrogens is 296 g/mol. The topological polar surface area (TPSA) is 158 Å². The van der Waals surface area contributed by atoms with Crippen molar-refractivity contribution in [2.24, 2.45) is 0 Å². The van der Waals surface area contributed by atoms with Crippen LogP contribution in [-0.2, 0) is 14.4 Å². The summed E-state index contributed by atoms with van der Waals surface area (Å²) >= 11 is 0. The fraction of sp³-hybridized carbons (Fsp3) is 0.455. The number of hydroxylamine groups is 1. The van der Waals surface area contributed by atoms with Crippen LogP contribution in [0.4, 0.5) is 5.82 Å². The molecule has 0 aliphatic carbocycles. The molecule has 0 bridgehead atoms. The third kappa shape index (κ3) is 2.35. The molecule has 1 saturated heterocycles. The first-order chi connectivity index (χ1) is 10.6. The van der Waals surface area contributed by atoms with Gasteiger partial charge in [0.25, 0.3) is 0 Å². The number of amides is 1. The number of rotatable bonds is 5. The Labute approximate surface area is 123 Å². The van der Waals surface area contributed by atoms with Gasteiger partial charge in [0.1, 0.15) is 36.8 Å². The number of imidazole rings is 1. The minimum Gasteiger partial charge on any atom is -0.387 e. The van der Waals surface area contributed by atoms with Crippen molar-refractivity contribution in [3.63, 3.8) is 0 Å². The first kappa shape index (κ1) is 14.6. The second kappa shape index (κ2) is 5.81. The second-order valence-corrected chi connectivity index (χ2v) is 4.68. The molecule has 11 nitrogen and oxygen atoms in total. The number of nitrogens with two attached hydrogens (primary N) is 1. The highest BCUT2D eigenvalue weighted by Crippen LogP contribution is 2.31. The van der Waals surface area contributed by atoms with Crippen molar-refractivity contribution in [1.82, 2.24) is 25.0 Å². The Morgan fingerprint density at radius 3 is 3.00 bits per heavy atom. The fourth-order valence-electron chi connectivity index (χ4n) is 2.32. The van der Waals surface area contributed by atoms with E-state index in [0.29, 0.717) is 17.6 Å². The Balaban J connectivity index is 1.84. The molecule has 3 heterocycles. The van der Waals surface area contributed by atoms with Crippen LogP contribution < -0.4 is 11.2 Å². The molecule has 1 fully saturated rings. The summed E-state index contributed by atoms with van der Waals surface area (Å²) in [5.41, 5.74) is 8.43. The van der Waals surface area contributed by atoms with Crippen LogP contribution in [-0.4, -0.2) is 61.1 Å². The lowest BCUT2D eigenvalue weighted by molar-refractivity contribution is -0.127. The lowest BCUT2D eigenvalue weighted by Crippen LogP contribution is -2.35. The molecule has 1 aliphatic heterocycles. The molecule has 5 N–H and O–H groups in total. The van der Waals surface area contributed by atoms with E-state index in [2.05, 4.69) is 15.0 Å². The molecule has 3 rings (SSSR count). The zero-order chi connectivity index (χ0) is 15.7. The molecule has 0 radical (unpaired) electrons. The highest BCUT2D eigenvalue weighted by atomic mass is 16.7. The highest BCUT2D eigenvalue weighted by Gasteiger charge is 2.44. The smallest absolute Gasteiger partial charge is 0.230 e. The van der Waals surface area contributed by atoms with Gasteiger partial charge in [-0.3, -0.25) is 14.2 Å². The molecule has 1 aliphatic rings. The number of hydrogen-bond donors (Lipinski definition) is 4. The molecule has 22 heavy (non-hydrogen) atoms. The van der Waals surface area contributed by atoms with E-state index in [1.165, 1.54) is 17.2 Å². The number of aliphatic hydroxyl groups excluding tert-OH is 2. The molecule has 118 valence electrons. The number of hydrogen-bond acceptors (Lipinski definition) is 9. The first-order valence-electron chi connectivity index (χ1n) is 6.39. The van der Waals surface area contributed by atoms with Gasteiger partial charge in [0.05, 0.1) is 6.33 Å². The number of ether oxygens (including phenoxy) is 1. The SMILES string of the molecule is Nc1ncnc2c1ncn2[C@@H]1O[C@H](CONC=O)[C@@H](O)[C@H]1O. The van der Waals surface area contributed by atoms with E-state index < -0.39 is 24.5 Å². The molecular formula is C11H14N6O5. The number of aliphatic hydroxyl groups is 2. The summed E-state index contributed by atoms with van der Waals surface area (Å²) in [6.45, 7) is -0.128. The average molecular weight is 310 g/mol. The van der Waals surface area contributed by atoms with Crippen LogP contribution in [0, 0.1) is 0 Å². The lowest BCUT2D eigenvalue weighted by Gasteiger charge is -2.16. The minimum atomic E-state index is -1.22. The van der Waals surface area contributed by atoms with Gasteiger partial charge in [0, 0.05) is 0 Å². The van der Waals surface area contributed by atoms with Crippen molar-refractivity contribution in [3.05, 3.63) is 12.7 Å². The van der Waals surface area contributed by atoms with E-state index in [0.717, 1.165) is 0 Å². The molecule has 0 spiro atoms. The zero-order valence-corrected chi connectivity index (χ0v) is 11.2. The van der Waals surface area contributed by atoms with Crippen LogP contribution in [0.5, 0.6) is 0 Å². The predicted molar refractivity (Wildman–Crippen MR) is 70.8 cm³/mol. The van der Waals surface area contributed by atoms with Crippen molar-refractivity contribution >= 4 is 23.4 Å². The largest absolute Gasteiger partial charge is 0.387 e. The van der Waals surface area contributed by atoms with Crippen LogP contribution in [0.1, 0.15) is 6.23 Å². The summed E-state index contributed by atoms with van der Waals surface area (Å²) < 4.78 is 7.02. The maximum absolute atomic E-state index is 10.1. The third-order valence-electron chi connectivity index (χ3n) is 3.38. The molecule has 2 aromatic heterocycles. The van der Waals surface area contributed by atoms with E-state index in [4.69, 9.17) is 15.3 Å². The molecule has 0 aromatic carbocycles. The van der Waals surface area contributed by atoms with Crippen LogP contribution in [0.15, 0.2) is 12.7 Å². The zero-order valence-electron chi connectivity index (χ0n) is 11.2. The molecule has 2 aromatic rings. The number of anilines is 1. The van der Waals surface area contributed by atoms with Crippen molar-refractivity contribution in [2.45, 2.75) is 24.5 Å². The Morgan fingerprint density at radius 2 is 2.23 bits per heavy atom. The molecule has 4 atom stereocenters. The molecule has 0 unspecified atom stereocenters. The number of nitrogen functional groups attached to an aromatic ring is 1. The standard InChI is InChI=1S/C11H14N6O5/c12-9-6-10(14-2-13-9)17(3-15-6)11-8(20)7(19)5(22-11)1-21-16-4-18/h2-5,7-8,11,19-20H,1H2,(H,16,18)(H2,12,13,14)/t5-,7-,8-,11-/m1/s1. The number of nitrogens with zero attached hydrogens (tertiary/aromatic N) is 4. The van der Waals surface area contributed by atoms with E-state index in [1.807, 2.05) is 5.48 Å². The Hall–Kier alpha value is -2.34. The van der Waals surface area contributed by atoms with Crippen LogP contribution in [0.2, 0.25) is 0 Å². The van der Waals surface area contributed by atoms with Crippen LogP contribution in [0.25, 0.3) is 11.2 Å². The normalized spacial score (nSPS) is 28.1. The Morgan fingerprint density at radius 1 is 1.41 bits per heavy atom. The van der Waals surface area contributed by atoms with Crippen LogP contribution in [0.3, 0.4) is 0 Å². The average Bonchev–Trinajstić information content (AvgIpc) is 3.05. The van der Waals surface area contributed by atoms with Gasteiger partial charge >= 0.3 is 0 Å². The predicted octanol–water partition coefficient (Wildman–Crippen LogP) is -2.29. The van der Waals surface area contributed by atoms with Gasteiger partial charge in [0.15, 0.2) is 17.7 Å². The van der Waals surface area contributed by atoms with Gasteiger partial charge in [-0.25, -0.2) is 20.4 Å². The number of nitrogens with one attached hydrogen (secondary N) is 1. The number of fused-ring (bicyclic) bond motifs is 1.